The number of nitrogens with one attached hydrogen (secondary N) is 2. The van der Waals surface area contributed by atoms with Gasteiger partial charge in [0.2, 0.25) is 0 Å². The first-order valence-corrected chi connectivity index (χ1v) is 10.8. The third-order valence-electron chi connectivity index (χ3n) is 4.81. The van der Waals surface area contributed by atoms with Gasteiger partial charge in [0, 0.05) is 27.9 Å². The van der Waals surface area contributed by atoms with Crippen molar-refractivity contribution in [3.8, 4) is 5.75 Å². The number of aryl methyl sites for hydroxylation is 1. The molecule has 3 aromatic carbocycles. The van der Waals surface area contributed by atoms with Crippen LogP contribution >= 0.6 is 11.8 Å². The fourth-order valence-electron chi connectivity index (χ4n) is 3.37. The highest BCUT2D eigenvalue weighted by Gasteiger charge is 2.19. The zero-order valence-corrected chi connectivity index (χ0v) is 17.9. The number of carbonyl (C=O) groups is 1. The van der Waals surface area contributed by atoms with E-state index in [2.05, 4.69) is 47.6 Å². The molecule has 5 heteroatoms. The lowest BCUT2D eigenvalue weighted by Crippen LogP contribution is -2.24. The van der Waals surface area contributed by atoms with Crippen molar-refractivity contribution < 1.29 is 9.53 Å². The second kappa shape index (κ2) is 9.09. The summed E-state index contributed by atoms with van der Waals surface area (Å²) in [6, 6.07) is 24.1. The zero-order chi connectivity index (χ0) is 20.9. The van der Waals surface area contributed by atoms with E-state index < -0.39 is 0 Å². The van der Waals surface area contributed by atoms with Gasteiger partial charge in [0.05, 0.1) is 11.5 Å². The molecular weight excluding hydrogens is 392 g/mol. The van der Waals surface area contributed by atoms with Crippen LogP contribution in [0.1, 0.15) is 28.5 Å². The van der Waals surface area contributed by atoms with E-state index in [4.69, 9.17) is 4.74 Å². The van der Waals surface area contributed by atoms with E-state index in [0.29, 0.717) is 18.8 Å². The largest absolute Gasteiger partial charge is 0.494 e. The first-order chi connectivity index (χ1) is 14.7. The molecule has 1 heterocycles. The zero-order valence-electron chi connectivity index (χ0n) is 17.1. The number of amides is 1. The Morgan fingerprint density at radius 3 is 2.60 bits per heavy atom. The van der Waals surface area contributed by atoms with Crippen LogP contribution in [0.25, 0.3) is 10.9 Å². The van der Waals surface area contributed by atoms with Crippen LogP contribution in [0.5, 0.6) is 5.75 Å². The Hall–Kier alpha value is -3.18. The van der Waals surface area contributed by atoms with Crippen molar-refractivity contribution in [2.24, 2.45) is 0 Å². The average molecular weight is 417 g/mol. The Labute approximate surface area is 180 Å². The summed E-state index contributed by atoms with van der Waals surface area (Å²) in [5.41, 5.74) is 3.65. The number of hydrogen-bond acceptors (Lipinski definition) is 3. The van der Waals surface area contributed by atoms with Crippen LogP contribution in [0.4, 0.5) is 0 Å². The number of ether oxygens (including phenoxy) is 1. The minimum Gasteiger partial charge on any atom is -0.494 e. The SMILES string of the molecule is CCOc1ccccc1CNC(=O)c1[nH]c2cc(C)ccc2c1Sc1ccccc1. The molecule has 1 amide bonds. The molecule has 0 aliphatic carbocycles. The molecule has 0 bridgehead atoms. The molecule has 0 radical (unpaired) electrons. The van der Waals surface area contributed by atoms with Crippen molar-refractivity contribution in [3.05, 3.63) is 89.6 Å². The number of aromatic nitrogens is 1. The second-order valence-corrected chi connectivity index (χ2v) is 8.10. The first kappa shape index (κ1) is 20.1. The van der Waals surface area contributed by atoms with Gasteiger partial charge in [-0.2, -0.15) is 0 Å². The fourth-order valence-corrected chi connectivity index (χ4v) is 4.43. The van der Waals surface area contributed by atoms with E-state index in [1.54, 1.807) is 11.8 Å². The molecule has 0 spiro atoms. The number of H-pyrrole nitrogens is 1. The summed E-state index contributed by atoms with van der Waals surface area (Å²) < 4.78 is 5.68. The first-order valence-electron chi connectivity index (χ1n) is 10.00. The normalized spacial score (nSPS) is 10.9. The molecule has 152 valence electrons. The summed E-state index contributed by atoms with van der Waals surface area (Å²) in [5.74, 6) is 0.667. The number of benzene rings is 3. The maximum Gasteiger partial charge on any atom is 0.269 e. The Morgan fingerprint density at radius 2 is 1.80 bits per heavy atom. The highest BCUT2D eigenvalue weighted by atomic mass is 32.2. The Balaban J connectivity index is 1.64. The van der Waals surface area contributed by atoms with Crippen molar-refractivity contribution in [1.29, 1.82) is 0 Å². The Bertz CT molecular complexity index is 1170. The van der Waals surface area contributed by atoms with Crippen LogP contribution in [-0.2, 0) is 6.54 Å². The Morgan fingerprint density at radius 1 is 1.03 bits per heavy atom. The van der Waals surface area contributed by atoms with Gasteiger partial charge in [-0.3, -0.25) is 4.79 Å². The van der Waals surface area contributed by atoms with Crippen LogP contribution in [0.15, 0.2) is 82.6 Å². The molecule has 0 aliphatic rings. The van der Waals surface area contributed by atoms with Gasteiger partial charge in [0.15, 0.2) is 0 Å². The van der Waals surface area contributed by atoms with Gasteiger partial charge in [0.25, 0.3) is 5.91 Å². The highest BCUT2D eigenvalue weighted by molar-refractivity contribution is 7.99. The minimum absolute atomic E-state index is 0.131. The third kappa shape index (κ3) is 4.36. The molecule has 2 N–H and O–H groups in total. The molecule has 0 saturated heterocycles. The lowest BCUT2D eigenvalue weighted by atomic mass is 10.2. The molecule has 4 aromatic rings. The number of para-hydroxylation sites is 1. The molecule has 0 fully saturated rings. The maximum atomic E-state index is 13.2. The van der Waals surface area contributed by atoms with Gasteiger partial charge in [-0.05, 0) is 43.7 Å². The molecule has 30 heavy (non-hydrogen) atoms. The lowest BCUT2D eigenvalue weighted by Gasteiger charge is -2.11. The summed E-state index contributed by atoms with van der Waals surface area (Å²) >= 11 is 1.60. The number of rotatable bonds is 7. The van der Waals surface area contributed by atoms with Gasteiger partial charge >= 0.3 is 0 Å². The van der Waals surface area contributed by atoms with Crippen LogP contribution in [0.2, 0.25) is 0 Å². The van der Waals surface area contributed by atoms with Gasteiger partial charge in [-0.1, -0.05) is 60.3 Å². The van der Waals surface area contributed by atoms with Crippen molar-refractivity contribution in [2.75, 3.05) is 6.61 Å². The molecule has 4 rings (SSSR count). The van der Waals surface area contributed by atoms with Crippen LogP contribution in [0, 0.1) is 6.92 Å². The summed E-state index contributed by atoms with van der Waals surface area (Å²) in [6.45, 7) is 4.99. The highest BCUT2D eigenvalue weighted by Crippen LogP contribution is 2.37. The third-order valence-corrected chi connectivity index (χ3v) is 5.94. The molecule has 0 saturated carbocycles. The van der Waals surface area contributed by atoms with E-state index in [1.165, 1.54) is 0 Å². The second-order valence-electron chi connectivity index (χ2n) is 7.02. The number of aromatic amines is 1. The molecule has 0 atom stereocenters. The van der Waals surface area contributed by atoms with Crippen LogP contribution in [-0.4, -0.2) is 17.5 Å². The van der Waals surface area contributed by atoms with Crippen molar-refractivity contribution in [2.45, 2.75) is 30.2 Å². The topological polar surface area (TPSA) is 54.1 Å². The van der Waals surface area contributed by atoms with Gasteiger partial charge in [-0.15, -0.1) is 0 Å². The van der Waals surface area contributed by atoms with Crippen LogP contribution in [0.3, 0.4) is 0 Å². The molecular formula is C25H24N2O2S. The predicted molar refractivity (Wildman–Crippen MR) is 122 cm³/mol. The quantitative estimate of drug-likeness (QED) is 0.391. The summed E-state index contributed by atoms with van der Waals surface area (Å²) in [6.07, 6.45) is 0. The van der Waals surface area contributed by atoms with Crippen LogP contribution < -0.4 is 10.1 Å². The predicted octanol–water partition coefficient (Wildman–Crippen LogP) is 5.96. The molecule has 4 nitrogen and oxygen atoms in total. The number of fused-ring (bicyclic) bond motifs is 1. The summed E-state index contributed by atoms with van der Waals surface area (Å²) in [4.78, 5) is 18.5. The van der Waals surface area contributed by atoms with E-state index in [0.717, 1.165) is 37.6 Å². The van der Waals surface area contributed by atoms with Gasteiger partial charge < -0.3 is 15.0 Å². The Kier molecular flexibility index (Phi) is 6.10. The summed E-state index contributed by atoms with van der Waals surface area (Å²) in [5, 5.41) is 4.10. The fraction of sp³-hybridized carbons (Fsp3) is 0.160. The van der Waals surface area contributed by atoms with E-state index in [1.807, 2.05) is 49.4 Å². The van der Waals surface area contributed by atoms with Crippen molar-refractivity contribution >= 4 is 28.6 Å². The van der Waals surface area contributed by atoms with Crippen molar-refractivity contribution in [1.82, 2.24) is 10.3 Å². The number of carbonyl (C=O) groups excluding carboxylic acids is 1. The monoisotopic (exact) mass is 416 g/mol. The summed E-state index contributed by atoms with van der Waals surface area (Å²) in [7, 11) is 0. The minimum atomic E-state index is -0.131. The van der Waals surface area contributed by atoms with Crippen molar-refractivity contribution in [3.63, 3.8) is 0 Å². The van der Waals surface area contributed by atoms with Gasteiger partial charge in [-0.25, -0.2) is 0 Å². The molecule has 0 unspecified atom stereocenters. The molecule has 0 aliphatic heterocycles. The standard InChI is InChI=1S/C25H24N2O2S/c1-3-29-22-12-8-7-9-18(22)16-26-25(28)23-24(30-19-10-5-4-6-11-19)20-14-13-17(2)15-21(20)27-23/h4-15,27H,3,16H2,1-2H3,(H,26,28). The van der Waals surface area contributed by atoms with E-state index in [-0.39, 0.29) is 5.91 Å². The number of hydrogen-bond donors (Lipinski definition) is 2. The van der Waals surface area contributed by atoms with E-state index >= 15 is 0 Å². The van der Waals surface area contributed by atoms with Gasteiger partial charge in [0.1, 0.15) is 11.4 Å². The average Bonchev–Trinajstić information content (AvgIpc) is 3.11. The molecule has 1 aromatic heterocycles. The van der Waals surface area contributed by atoms with E-state index in [9.17, 15) is 4.79 Å². The lowest BCUT2D eigenvalue weighted by molar-refractivity contribution is 0.0943. The smallest absolute Gasteiger partial charge is 0.269 e. The maximum absolute atomic E-state index is 13.2.